The molecule has 0 aliphatic carbocycles. The Labute approximate surface area is 152 Å². The van der Waals surface area contributed by atoms with Gasteiger partial charge in [0.2, 0.25) is 0 Å². The first-order valence-electron chi connectivity index (χ1n) is 7.69. The van der Waals surface area contributed by atoms with Crippen LogP contribution < -0.4 is 5.32 Å². The van der Waals surface area contributed by atoms with Crippen LogP contribution in [0.25, 0.3) is 11.4 Å². The number of hydrogen-bond acceptors (Lipinski definition) is 6. The number of rotatable bonds is 3. The molecule has 0 saturated carbocycles. The van der Waals surface area contributed by atoms with Crippen molar-refractivity contribution in [2.45, 2.75) is 0 Å². The standard InChI is InChI=1S/C18H12N4O3S/c1-22-16(24)11-6-5-10(8-12(11)17(22)25)15(23)21-18-20-14(9-26-18)13-4-2-3-7-19-13/h2-9H,1H3,(H,20,21,23). The highest BCUT2D eigenvalue weighted by Crippen LogP contribution is 2.25. The van der Waals surface area contributed by atoms with Crippen molar-refractivity contribution < 1.29 is 14.4 Å². The first-order chi connectivity index (χ1) is 12.5. The predicted molar refractivity (Wildman–Crippen MR) is 96.2 cm³/mol. The number of anilines is 1. The molecule has 128 valence electrons. The summed E-state index contributed by atoms with van der Waals surface area (Å²) in [4.78, 5) is 46.0. The van der Waals surface area contributed by atoms with Gasteiger partial charge in [-0.05, 0) is 30.3 Å². The van der Waals surface area contributed by atoms with Gasteiger partial charge >= 0.3 is 0 Å². The molecule has 0 saturated heterocycles. The van der Waals surface area contributed by atoms with Crippen molar-refractivity contribution in [1.82, 2.24) is 14.9 Å². The second kappa shape index (κ2) is 6.16. The van der Waals surface area contributed by atoms with Crippen molar-refractivity contribution in [3.05, 3.63) is 64.7 Å². The summed E-state index contributed by atoms with van der Waals surface area (Å²) < 4.78 is 0. The average Bonchev–Trinajstić information content (AvgIpc) is 3.22. The summed E-state index contributed by atoms with van der Waals surface area (Å²) in [6.45, 7) is 0. The Kier molecular flexibility index (Phi) is 3.81. The van der Waals surface area contributed by atoms with Gasteiger partial charge in [-0.25, -0.2) is 4.98 Å². The molecule has 26 heavy (non-hydrogen) atoms. The summed E-state index contributed by atoms with van der Waals surface area (Å²) >= 11 is 1.28. The summed E-state index contributed by atoms with van der Waals surface area (Å²) in [5.41, 5.74) is 2.21. The van der Waals surface area contributed by atoms with Gasteiger partial charge in [0.05, 0.1) is 16.8 Å². The van der Waals surface area contributed by atoms with Gasteiger partial charge in [-0.3, -0.25) is 29.6 Å². The molecular formula is C18H12N4O3S. The third-order valence-electron chi connectivity index (χ3n) is 4.00. The fourth-order valence-corrected chi connectivity index (χ4v) is 3.33. The zero-order valence-electron chi connectivity index (χ0n) is 13.6. The number of hydrogen-bond donors (Lipinski definition) is 1. The maximum Gasteiger partial charge on any atom is 0.261 e. The van der Waals surface area contributed by atoms with E-state index in [1.165, 1.54) is 36.6 Å². The number of carbonyl (C=O) groups excluding carboxylic acids is 3. The molecule has 7 nitrogen and oxygen atoms in total. The molecule has 1 aliphatic rings. The van der Waals surface area contributed by atoms with E-state index in [1.54, 1.807) is 11.6 Å². The molecule has 1 aromatic carbocycles. The van der Waals surface area contributed by atoms with E-state index in [0.717, 1.165) is 4.90 Å². The van der Waals surface area contributed by atoms with Crippen LogP contribution in [-0.2, 0) is 0 Å². The molecule has 0 spiro atoms. The van der Waals surface area contributed by atoms with Gasteiger partial charge in [-0.15, -0.1) is 11.3 Å². The van der Waals surface area contributed by atoms with E-state index in [-0.39, 0.29) is 17.0 Å². The van der Waals surface area contributed by atoms with Crippen LogP contribution in [0.4, 0.5) is 5.13 Å². The van der Waals surface area contributed by atoms with Gasteiger partial charge < -0.3 is 0 Å². The number of amides is 3. The molecule has 1 N–H and O–H groups in total. The largest absolute Gasteiger partial charge is 0.298 e. The van der Waals surface area contributed by atoms with Crippen LogP contribution in [0.1, 0.15) is 31.1 Å². The highest BCUT2D eigenvalue weighted by molar-refractivity contribution is 7.14. The maximum absolute atomic E-state index is 12.5. The summed E-state index contributed by atoms with van der Waals surface area (Å²) in [5, 5.41) is 4.94. The van der Waals surface area contributed by atoms with Crippen molar-refractivity contribution in [3.8, 4) is 11.4 Å². The smallest absolute Gasteiger partial charge is 0.261 e. The van der Waals surface area contributed by atoms with Crippen molar-refractivity contribution in [2.75, 3.05) is 12.4 Å². The zero-order valence-corrected chi connectivity index (χ0v) is 14.4. The number of fused-ring (bicyclic) bond motifs is 1. The molecule has 2 aromatic heterocycles. The Morgan fingerprint density at radius 3 is 2.65 bits per heavy atom. The normalized spacial score (nSPS) is 13.0. The SMILES string of the molecule is CN1C(=O)c2ccc(C(=O)Nc3nc(-c4ccccn4)cs3)cc2C1=O. The predicted octanol–water partition coefficient (Wildman–Crippen LogP) is 2.68. The molecule has 8 heteroatoms. The van der Waals surface area contributed by atoms with Gasteiger partial charge in [0.15, 0.2) is 5.13 Å². The lowest BCUT2D eigenvalue weighted by atomic mass is 10.1. The fourth-order valence-electron chi connectivity index (χ4n) is 2.63. The topological polar surface area (TPSA) is 92.3 Å². The third kappa shape index (κ3) is 2.66. The summed E-state index contributed by atoms with van der Waals surface area (Å²) in [6, 6.07) is 9.96. The number of carbonyl (C=O) groups is 3. The van der Waals surface area contributed by atoms with Crippen LogP contribution in [0, 0.1) is 0 Å². The summed E-state index contributed by atoms with van der Waals surface area (Å²) in [6.07, 6.45) is 1.67. The Hall–Kier alpha value is -3.39. The number of imide groups is 1. The van der Waals surface area contributed by atoms with Gasteiger partial charge in [0.25, 0.3) is 17.7 Å². The third-order valence-corrected chi connectivity index (χ3v) is 4.76. The second-order valence-corrected chi connectivity index (χ2v) is 6.49. The van der Waals surface area contributed by atoms with Crippen molar-refractivity contribution in [2.24, 2.45) is 0 Å². The van der Waals surface area contributed by atoms with Crippen molar-refractivity contribution in [1.29, 1.82) is 0 Å². The van der Waals surface area contributed by atoms with Crippen molar-refractivity contribution >= 4 is 34.2 Å². The fraction of sp³-hybridized carbons (Fsp3) is 0.0556. The first kappa shape index (κ1) is 16.1. The Balaban J connectivity index is 1.56. The molecule has 0 bridgehead atoms. The van der Waals surface area contributed by atoms with Gasteiger partial charge in [-0.1, -0.05) is 6.07 Å². The summed E-state index contributed by atoms with van der Waals surface area (Å²) in [5.74, 6) is -1.17. The Morgan fingerprint density at radius 2 is 1.88 bits per heavy atom. The number of pyridine rings is 1. The molecule has 0 fully saturated rings. The highest BCUT2D eigenvalue weighted by Gasteiger charge is 2.33. The minimum Gasteiger partial charge on any atom is -0.298 e. The van der Waals surface area contributed by atoms with Gasteiger partial charge in [-0.2, -0.15) is 0 Å². The monoisotopic (exact) mass is 364 g/mol. The van der Waals surface area contributed by atoms with Gasteiger partial charge in [0, 0.05) is 24.2 Å². The van der Waals surface area contributed by atoms with E-state index < -0.39 is 11.8 Å². The number of benzene rings is 1. The maximum atomic E-state index is 12.5. The van der Waals surface area contributed by atoms with E-state index in [0.29, 0.717) is 22.1 Å². The molecule has 3 heterocycles. The molecular weight excluding hydrogens is 352 g/mol. The van der Waals surface area contributed by atoms with Crippen LogP contribution in [0.5, 0.6) is 0 Å². The minimum absolute atomic E-state index is 0.235. The van der Waals surface area contributed by atoms with E-state index in [2.05, 4.69) is 15.3 Å². The quantitative estimate of drug-likeness (QED) is 0.722. The first-order valence-corrected chi connectivity index (χ1v) is 8.57. The summed E-state index contributed by atoms with van der Waals surface area (Å²) in [7, 11) is 1.42. The minimum atomic E-state index is -0.411. The number of nitrogens with one attached hydrogen (secondary N) is 1. The Morgan fingerprint density at radius 1 is 1.08 bits per heavy atom. The molecule has 4 rings (SSSR count). The average molecular weight is 364 g/mol. The number of nitrogens with zero attached hydrogens (tertiary/aromatic N) is 3. The van der Waals surface area contributed by atoms with Crippen molar-refractivity contribution in [3.63, 3.8) is 0 Å². The lowest BCUT2D eigenvalue weighted by Crippen LogP contribution is -2.24. The van der Waals surface area contributed by atoms with Crippen LogP contribution in [-0.4, -0.2) is 39.6 Å². The van der Waals surface area contributed by atoms with E-state index in [9.17, 15) is 14.4 Å². The Bertz CT molecular complexity index is 1050. The molecule has 0 radical (unpaired) electrons. The lowest BCUT2D eigenvalue weighted by molar-refractivity contribution is 0.0693. The van der Waals surface area contributed by atoms with Gasteiger partial charge in [0.1, 0.15) is 5.69 Å². The zero-order chi connectivity index (χ0) is 18.3. The molecule has 3 amide bonds. The highest BCUT2D eigenvalue weighted by atomic mass is 32.1. The number of thiazole rings is 1. The molecule has 1 aliphatic heterocycles. The lowest BCUT2D eigenvalue weighted by Gasteiger charge is -2.03. The van der Waals surface area contributed by atoms with Crippen LogP contribution in [0.2, 0.25) is 0 Å². The van der Waals surface area contributed by atoms with E-state index in [1.807, 2.05) is 18.2 Å². The van der Waals surface area contributed by atoms with Crippen LogP contribution >= 0.6 is 11.3 Å². The second-order valence-electron chi connectivity index (χ2n) is 5.64. The van der Waals surface area contributed by atoms with Crippen LogP contribution in [0.3, 0.4) is 0 Å². The molecule has 0 unspecified atom stereocenters. The van der Waals surface area contributed by atoms with E-state index >= 15 is 0 Å². The number of aromatic nitrogens is 2. The van der Waals surface area contributed by atoms with Crippen LogP contribution in [0.15, 0.2) is 48.0 Å². The van der Waals surface area contributed by atoms with E-state index in [4.69, 9.17) is 0 Å². The molecule has 3 aromatic rings. The molecule has 0 atom stereocenters.